The van der Waals surface area contributed by atoms with Gasteiger partial charge in [-0.25, -0.2) is 0 Å². The van der Waals surface area contributed by atoms with Gasteiger partial charge in [-0.2, -0.15) is 0 Å². The van der Waals surface area contributed by atoms with Gasteiger partial charge < -0.3 is 15.3 Å². The Kier molecular flexibility index (Phi) is 8.55. The van der Waals surface area contributed by atoms with Gasteiger partial charge in [0.05, 0.1) is 6.61 Å². The Bertz CT molecular complexity index is 340. The van der Waals surface area contributed by atoms with Crippen molar-refractivity contribution in [3.63, 3.8) is 0 Å². The highest BCUT2D eigenvalue weighted by Gasteiger charge is 2.24. The Morgan fingerprint density at radius 3 is 2.00 bits per heavy atom. The van der Waals surface area contributed by atoms with Gasteiger partial charge >= 0.3 is 0 Å². The monoisotopic (exact) mass is 350 g/mol. The maximum atomic E-state index is 9.04. The zero-order chi connectivity index (χ0) is 17.3. The molecule has 0 aromatic heterocycles. The van der Waals surface area contributed by atoms with E-state index in [9.17, 15) is 0 Å². The quantitative estimate of drug-likeness (QED) is 0.689. The fourth-order valence-electron chi connectivity index (χ4n) is 5.49. The molecule has 0 unspecified atom stereocenters. The number of rotatable bonds is 8. The van der Waals surface area contributed by atoms with Gasteiger partial charge in [-0.05, 0) is 88.8 Å². The topological polar surface area (TPSA) is 35.5 Å². The molecule has 0 aromatic carbocycles. The van der Waals surface area contributed by atoms with Crippen molar-refractivity contribution in [2.24, 2.45) is 17.8 Å². The maximum absolute atomic E-state index is 9.04. The molecule has 3 fully saturated rings. The lowest BCUT2D eigenvalue weighted by molar-refractivity contribution is 0.139. The Balaban J connectivity index is 1.23. The molecule has 146 valence electrons. The highest BCUT2D eigenvalue weighted by atomic mass is 16.3. The van der Waals surface area contributed by atoms with Crippen LogP contribution in [0.3, 0.4) is 0 Å². The fraction of sp³-hybridized carbons (Fsp3) is 1.00. The average molecular weight is 351 g/mol. The number of hydrogen-bond acceptors (Lipinski definition) is 3. The van der Waals surface area contributed by atoms with Crippen molar-refractivity contribution < 1.29 is 5.11 Å². The van der Waals surface area contributed by atoms with Gasteiger partial charge in [0, 0.05) is 12.6 Å². The van der Waals surface area contributed by atoms with Gasteiger partial charge in [0.1, 0.15) is 0 Å². The summed E-state index contributed by atoms with van der Waals surface area (Å²) in [7, 11) is 0. The predicted octanol–water partition coefficient (Wildman–Crippen LogP) is 4.20. The van der Waals surface area contributed by atoms with Crippen LogP contribution in [0, 0.1) is 17.8 Å². The minimum atomic E-state index is 0.322. The zero-order valence-corrected chi connectivity index (χ0v) is 16.4. The number of β-amino-alcohol motifs (C(OH)–C–C–N with tert-alkyl or cyclic N) is 1. The molecule has 0 radical (unpaired) electrons. The van der Waals surface area contributed by atoms with Gasteiger partial charge in [0.2, 0.25) is 0 Å². The van der Waals surface area contributed by atoms with E-state index in [1.807, 2.05) is 0 Å². The average Bonchev–Trinajstić information content (AvgIpc) is 2.68. The largest absolute Gasteiger partial charge is 0.395 e. The van der Waals surface area contributed by atoms with Crippen molar-refractivity contribution >= 4 is 0 Å². The molecule has 0 aromatic rings. The molecule has 25 heavy (non-hydrogen) atoms. The van der Waals surface area contributed by atoms with Crippen molar-refractivity contribution in [2.75, 3.05) is 32.8 Å². The smallest absolute Gasteiger partial charge is 0.0558 e. The number of aliphatic hydroxyl groups is 1. The maximum Gasteiger partial charge on any atom is 0.0558 e. The van der Waals surface area contributed by atoms with Crippen LogP contribution in [0.25, 0.3) is 0 Å². The first kappa shape index (κ1) is 19.6. The molecule has 3 heteroatoms. The van der Waals surface area contributed by atoms with Crippen molar-refractivity contribution in [1.29, 1.82) is 0 Å². The summed E-state index contributed by atoms with van der Waals surface area (Å²) in [4.78, 5) is 2.43. The molecule has 0 amide bonds. The number of likely N-dealkylation sites (tertiary alicyclic amines) is 1. The van der Waals surface area contributed by atoms with Crippen molar-refractivity contribution in [3.05, 3.63) is 0 Å². The van der Waals surface area contributed by atoms with Crippen LogP contribution in [0.4, 0.5) is 0 Å². The molecule has 0 atom stereocenters. The Morgan fingerprint density at radius 2 is 1.36 bits per heavy atom. The minimum absolute atomic E-state index is 0.322. The molecule has 0 bridgehead atoms. The van der Waals surface area contributed by atoms with Crippen LogP contribution in [-0.4, -0.2) is 48.8 Å². The summed E-state index contributed by atoms with van der Waals surface area (Å²) < 4.78 is 0. The van der Waals surface area contributed by atoms with E-state index in [-0.39, 0.29) is 0 Å². The number of hydrogen-bond donors (Lipinski definition) is 2. The van der Waals surface area contributed by atoms with E-state index in [1.165, 1.54) is 103 Å². The van der Waals surface area contributed by atoms with Gasteiger partial charge in [0.15, 0.2) is 0 Å². The van der Waals surface area contributed by atoms with Crippen LogP contribution in [0.15, 0.2) is 0 Å². The fourth-order valence-corrected chi connectivity index (χ4v) is 5.49. The number of nitrogens with one attached hydrogen (secondary N) is 1. The molecule has 2 saturated carbocycles. The number of nitrogens with zero attached hydrogens (tertiary/aromatic N) is 1. The van der Waals surface area contributed by atoms with Gasteiger partial charge in [0.25, 0.3) is 0 Å². The highest BCUT2D eigenvalue weighted by molar-refractivity contribution is 4.80. The summed E-state index contributed by atoms with van der Waals surface area (Å²) in [6.07, 6.45) is 18.8. The Morgan fingerprint density at radius 1 is 0.720 bits per heavy atom. The first-order chi connectivity index (χ1) is 12.3. The SMILES string of the molecule is OCCN1CCC(CCC2CCC(NCC3CCCCC3)CC2)CC1. The van der Waals surface area contributed by atoms with Gasteiger partial charge in [-0.15, -0.1) is 0 Å². The molecular formula is C22H42N2O. The van der Waals surface area contributed by atoms with Gasteiger partial charge in [-0.1, -0.05) is 32.1 Å². The second-order valence-corrected chi connectivity index (χ2v) is 9.22. The van der Waals surface area contributed by atoms with E-state index in [4.69, 9.17) is 5.11 Å². The summed E-state index contributed by atoms with van der Waals surface area (Å²) in [5.41, 5.74) is 0. The van der Waals surface area contributed by atoms with E-state index in [0.717, 1.165) is 30.3 Å². The summed E-state index contributed by atoms with van der Waals surface area (Å²) >= 11 is 0. The van der Waals surface area contributed by atoms with E-state index in [0.29, 0.717) is 6.61 Å². The van der Waals surface area contributed by atoms with Crippen LogP contribution in [0.2, 0.25) is 0 Å². The Hall–Kier alpha value is -0.120. The molecule has 2 N–H and O–H groups in total. The minimum Gasteiger partial charge on any atom is -0.395 e. The predicted molar refractivity (Wildman–Crippen MR) is 106 cm³/mol. The van der Waals surface area contributed by atoms with Crippen molar-refractivity contribution in [3.8, 4) is 0 Å². The molecular weight excluding hydrogens is 308 g/mol. The summed E-state index contributed by atoms with van der Waals surface area (Å²) in [5, 5.41) is 13.0. The zero-order valence-electron chi connectivity index (χ0n) is 16.4. The molecule has 1 heterocycles. The van der Waals surface area contributed by atoms with Crippen molar-refractivity contribution in [2.45, 2.75) is 89.5 Å². The van der Waals surface area contributed by atoms with Gasteiger partial charge in [-0.3, -0.25) is 0 Å². The van der Waals surface area contributed by atoms with E-state index in [2.05, 4.69) is 10.2 Å². The molecule has 0 spiro atoms. The third-order valence-corrected chi connectivity index (χ3v) is 7.37. The van der Waals surface area contributed by atoms with E-state index in [1.54, 1.807) is 0 Å². The number of piperidine rings is 1. The third kappa shape index (κ3) is 6.84. The van der Waals surface area contributed by atoms with Crippen LogP contribution in [0.5, 0.6) is 0 Å². The number of aliphatic hydroxyl groups excluding tert-OH is 1. The summed E-state index contributed by atoms with van der Waals surface area (Å²) in [6, 6.07) is 0.819. The third-order valence-electron chi connectivity index (χ3n) is 7.37. The lowest BCUT2D eigenvalue weighted by Gasteiger charge is -2.34. The van der Waals surface area contributed by atoms with Crippen LogP contribution in [-0.2, 0) is 0 Å². The summed E-state index contributed by atoms with van der Waals surface area (Å²) in [5.74, 6) is 2.93. The second-order valence-electron chi connectivity index (χ2n) is 9.22. The first-order valence-corrected chi connectivity index (χ1v) is 11.4. The summed E-state index contributed by atoms with van der Waals surface area (Å²) in [6.45, 7) is 4.92. The van der Waals surface area contributed by atoms with E-state index < -0.39 is 0 Å². The Labute approximate surface area is 155 Å². The molecule has 3 rings (SSSR count). The van der Waals surface area contributed by atoms with Crippen LogP contribution >= 0.6 is 0 Å². The molecule has 3 nitrogen and oxygen atoms in total. The molecule has 2 aliphatic carbocycles. The van der Waals surface area contributed by atoms with E-state index >= 15 is 0 Å². The lowest BCUT2D eigenvalue weighted by atomic mass is 9.80. The second kappa shape index (κ2) is 10.9. The molecule has 1 aliphatic heterocycles. The lowest BCUT2D eigenvalue weighted by Crippen LogP contribution is -2.37. The van der Waals surface area contributed by atoms with Crippen molar-refractivity contribution in [1.82, 2.24) is 10.2 Å². The van der Waals surface area contributed by atoms with Crippen LogP contribution < -0.4 is 5.32 Å². The molecule has 3 aliphatic rings. The highest BCUT2D eigenvalue weighted by Crippen LogP contribution is 2.32. The van der Waals surface area contributed by atoms with Crippen LogP contribution in [0.1, 0.15) is 83.5 Å². The first-order valence-electron chi connectivity index (χ1n) is 11.4. The molecule has 1 saturated heterocycles. The normalized spacial score (nSPS) is 30.6. The standard InChI is InChI=1S/C22H42N2O/c25-17-16-24-14-12-20(13-15-24)7-6-19-8-10-22(11-9-19)23-18-21-4-2-1-3-5-21/h19-23,25H,1-18H2.